The minimum atomic E-state index is -0.345. The minimum absolute atomic E-state index is 0.0323. The minimum Gasteiger partial charge on any atom is -0.494 e. The van der Waals surface area contributed by atoms with Gasteiger partial charge in [-0.25, -0.2) is 4.39 Å². The summed E-state index contributed by atoms with van der Waals surface area (Å²) in [6.07, 6.45) is 1.67. The fourth-order valence-electron chi connectivity index (χ4n) is 1.90. The van der Waals surface area contributed by atoms with Gasteiger partial charge in [0.2, 0.25) is 0 Å². The molecule has 1 N–H and O–H groups in total. The van der Waals surface area contributed by atoms with Gasteiger partial charge in [0.25, 0.3) is 0 Å². The first-order valence-electron chi connectivity index (χ1n) is 6.21. The molecule has 1 heterocycles. The molecule has 4 heteroatoms. The van der Waals surface area contributed by atoms with Crippen LogP contribution >= 0.6 is 0 Å². The van der Waals surface area contributed by atoms with Crippen LogP contribution in [0.5, 0.6) is 5.75 Å². The molecule has 0 aliphatic heterocycles. The summed E-state index contributed by atoms with van der Waals surface area (Å²) >= 11 is 0. The Balaban J connectivity index is 2.02. The van der Waals surface area contributed by atoms with Crippen LogP contribution in [0.2, 0.25) is 0 Å². The van der Waals surface area contributed by atoms with Crippen molar-refractivity contribution in [2.24, 2.45) is 0 Å². The van der Waals surface area contributed by atoms with Crippen LogP contribution in [0.1, 0.15) is 29.9 Å². The van der Waals surface area contributed by atoms with Crippen molar-refractivity contribution in [3.63, 3.8) is 0 Å². The van der Waals surface area contributed by atoms with Gasteiger partial charge in [-0.05, 0) is 43.2 Å². The summed E-state index contributed by atoms with van der Waals surface area (Å²) in [6.45, 7) is 4.60. The molecule has 1 atom stereocenters. The first-order valence-corrected chi connectivity index (χ1v) is 6.21. The summed E-state index contributed by atoms with van der Waals surface area (Å²) in [5.41, 5.74) is 1.99. The highest BCUT2D eigenvalue weighted by Gasteiger charge is 2.10. The van der Waals surface area contributed by atoms with E-state index in [4.69, 9.17) is 9.15 Å². The zero-order valence-electron chi connectivity index (χ0n) is 11.4. The Morgan fingerprint density at radius 2 is 2.16 bits per heavy atom. The van der Waals surface area contributed by atoms with Gasteiger partial charge in [-0.15, -0.1) is 0 Å². The van der Waals surface area contributed by atoms with Crippen molar-refractivity contribution >= 4 is 0 Å². The second kappa shape index (κ2) is 5.89. The van der Waals surface area contributed by atoms with E-state index in [1.165, 1.54) is 13.2 Å². The first kappa shape index (κ1) is 13.6. The van der Waals surface area contributed by atoms with E-state index >= 15 is 0 Å². The Hall–Kier alpha value is -1.81. The number of ether oxygens (including phenoxy) is 1. The zero-order chi connectivity index (χ0) is 13.8. The fourth-order valence-corrected chi connectivity index (χ4v) is 1.90. The van der Waals surface area contributed by atoms with Crippen LogP contribution in [0.4, 0.5) is 4.39 Å². The van der Waals surface area contributed by atoms with E-state index in [-0.39, 0.29) is 17.6 Å². The Kier molecular flexibility index (Phi) is 4.22. The Morgan fingerprint density at radius 3 is 2.74 bits per heavy atom. The van der Waals surface area contributed by atoms with Crippen LogP contribution in [0.3, 0.4) is 0 Å². The topological polar surface area (TPSA) is 34.4 Å². The highest BCUT2D eigenvalue weighted by atomic mass is 19.1. The molecule has 0 radical (unpaired) electrons. The van der Waals surface area contributed by atoms with Gasteiger partial charge in [-0.3, -0.25) is 0 Å². The summed E-state index contributed by atoms with van der Waals surface area (Å²) in [5, 5.41) is 3.31. The van der Waals surface area contributed by atoms with Crippen molar-refractivity contribution in [2.75, 3.05) is 7.11 Å². The van der Waals surface area contributed by atoms with Crippen molar-refractivity contribution in [1.82, 2.24) is 5.32 Å². The second-order valence-corrected chi connectivity index (χ2v) is 4.52. The van der Waals surface area contributed by atoms with Crippen LogP contribution in [-0.4, -0.2) is 7.11 Å². The summed E-state index contributed by atoms with van der Waals surface area (Å²) in [6, 6.07) is 6.94. The number of hydrogen-bond acceptors (Lipinski definition) is 3. The summed E-state index contributed by atoms with van der Waals surface area (Å²) < 4.78 is 23.9. The number of aryl methyl sites for hydroxylation is 1. The third-order valence-electron chi connectivity index (χ3n) is 3.21. The molecule has 0 amide bonds. The number of furan rings is 1. The van der Waals surface area contributed by atoms with E-state index in [0.717, 1.165) is 16.9 Å². The molecule has 1 unspecified atom stereocenters. The molecule has 0 saturated carbocycles. The number of halogens is 1. The lowest BCUT2D eigenvalue weighted by molar-refractivity contribution is 0.385. The maximum absolute atomic E-state index is 13.6. The Morgan fingerprint density at radius 1 is 1.37 bits per heavy atom. The normalized spacial score (nSPS) is 12.4. The number of benzene rings is 1. The highest BCUT2D eigenvalue weighted by molar-refractivity contribution is 5.30. The quantitative estimate of drug-likeness (QED) is 0.895. The highest BCUT2D eigenvalue weighted by Crippen LogP contribution is 2.22. The van der Waals surface area contributed by atoms with Crippen molar-refractivity contribution < 1.29 is 13.5 Å². The summed E-state index contributed by atoms with van der Waals surface area (Å²) in [7, 11) is 1.46. The molecule has 0 spiro atoms. The van der Waals surface area contributed by atoms with Crippen LogP contribution in [-0.2, 0) is 6.54 Å². The van der Waals surface area contributed by atoms with Gasteiger partial charge in [0, 0.05) is 6.04 Å². The lowest BCUT2D eigenvalue weighted by atomic mass is 10.1. The average Bonchev–Trinajstić information content (AvgIpc) is 2.81. The predicted molar refractivity (Wildman–Crippen MR) is 71.7 cm³/mol. The van der Waals surface area contributed by atoms with Crippen molar-refractivity contribution in [1.29, 1.82) is 0 Å². The number of nitrogens with one attached hydrogen (secondary N) is 1. The maximum atomic E-state index is 13.6. The molecule has 2 aromatic rings. The van der Waals surface area contributed by atoms with Crippen molar-refractivity contribution in [2.45, 2.75) is 26.4 Å². The predicted octanol–water partition coefficient (Wildman–Crippen LogP) is 3.59. The largest absolute Gasteiger partial charge is 0.494 e. The molecule has 3 nitrogen and oxygen atoms in total. The van der Waals surface area contributed by atoms with Crippen LogP contribution < -0.4 is 10.1 Å². The van der Waals surface area contributed by atoms with Gasteiger partial charge in [0.05, 0.1) is 19.9 Å². The second-order valence-electron chi connectivity index (χ2n) is 4.52. The molecule has 102 valence electrons. The molecule has 19 heavy (non-hydrogen) atoms. The van der Waals surface area contributed by atoms with E-state index in [9.17, 15) is 4.39 Å². The molecule has 0 saturated heterocycles. The van der Waals surface area contributed by atoms with Crippen LogP contribution in [0, 0.1) is 12.7 Å². The first-order chi connectivity index (χ1) is 9.11. The monoisotopic (exact) mass is 263 g/mol. The van der Waals surface area contributed by atoms with E-state index in [2.05, 4.69) is 5.32 Å². The van der Waals surface area contributed by atoms with Gasteiger partial charge in [-0.1, -0.05) is 6.07 Å². The third kappa shape index (κ3) is 3.15. The van der Waals surface area contributed by atoms with Gasteiger partial charge in [0.15, 0.2) is 11.6 Å². The standard InChI is InChI=1S/C15H18FNO2/c1-10-6-7-19-15(10)9-17-11(2)12-4-5-14(18-3)13(16)8-12/h4-8,11,17H,9H2,1-3H3. The van der Waals surface area contributed by atoms with Gasteiger partial charge >= 0.3 is 0 Å². The molecule has 1 aromatic heterocycles. The van der Waals surface area contributed by atoms with E-state index in [1.54, 1.807) is 12.3 Å². The van der Waals surface area contributed by atoms with Gasteiger partial charge < -0.3 is 14.5 Å². The van der Waals surface area contributed by atoms with E-state index in [0.29, 0.717) is 6.54 Å². The van der Waals surface area contributed by atoms with Gasteiger partial charge in [-0.2, -0.15) is 0 Å². The molecular formula is C15H18FNO2. The lowest BCUT2D eigenvalue weighted by Crippen LogP contribution is -2.18. The number of hydrogen-bond donors (Lipinski definition) is 1. The van der Waals surface area contributed by atoms with Crippen LogP contribution in [0.15, 0.2) is 34.9 Å². The SMILES string of the molecule is COc1ccc(C(C)NCc2occc2C)cc1F. The Labute approximate surface area is 112 Å². The summed E-state index contributed by atoms with van der Waals surface area (Å²) in [5.74, 6) is 0.821. The molecule has 0 aliphatic carbocycles. The molecule has 0 aliphatic rings. The maximum Gasteiger partial charge on any atom is 0.165 e. The molecule has 2 rings (SSSR count). The zero-order valence-corrected chi connectivity index (χ0v) is 11.4. The lowest BCUT2D eigenvalue weighted by Gasteiger charge is -2.14. The molecule has 0 fully saturated rings. The average molecular weight is 263 g/mol. The van der Waals surface area contributed by atoms with E-state index in [1.807, 2.05) is 26.0 Å². The molecule has 0 bridgehead atoms. The third-order valence-corrected chi connectivity index (χ3v) is 3.21. The fraction of sp³-hybridized carbons (Fsp3) is 0.333. The number of methoxy groups -OCH3 is 1. The van der Waals surface area contributed by atoms with Crippen molar-refractivity contribution in [3.8, 4) is 5.75 Å². The van der Waals surface area contributed by atoms with Crippen molar-refractivity contribution in [3.05, 3.63) is 53.2 Å². The number of rotatable bonds is 5. The summed E-state index contributed by atoms with van der Waals surface area (Å²) in [4.78, 5) is 0. The molecule has 1 aromatic carbocycles. The smallest absolute Gasteiger partial charge is 0.165 e. The van der Waals surface area contributed by atoms with Gasteiger partial charge in [0.1, 0.15) is 5.76 Å². The Bertz CT molecular complexity index is 551. The molecular weight excluding hydrogens is 245 g/mol. The van der Waals surface area contributed by atoms with E-state index < -0.39 is 0 Å². The van der Waals surface area contributed by atoms with Crippen LogP contribution in [0.25, 0.3) is 0 Å².